The van der Waals surface area contributed by atoms with Crippen molar-refractivity contribution in [3.63, 3.8) is 0 Å². The number of aromatic nitrogens is 3. The van der Waals surface area contributed by atoms with Crippen LogP contribution in [0.25, 0.3) is 22.2 Å². The van der Waals surface area contributed by atoms with Gasteiger partial charge in [0.2, 0.25) is 5.95 Å². The second kappa shape index (κ2) is 8.84. The number of ether oxygens (including phenoxy) is 1. The summed E-state index contributed by atoms with van der Waals surface area (Å²) in [6, 6.07) is 17.4. The third kappa shape index (κ3) is 4.33. The Labute approximate surface area is 190 Å². The first-order chi connectivity index (χ1) is 16.1. The molecule has 0 spiro atoms. The Hall–Kier alpha value is -4.04. The lowest BCUT2D eigenvalue weighted by Gasteiger charge is -2.28. The van der Waals surface area contributed by atoms with Crippen molar-refractivity contribution in [2.24, 2.45) is 0 Å². The number of fused-ring (bicyclic) bond motifs is 1. The lowest BCUT2D eigenvalue weighted by atomic mass is 9.98. The molecule has 4 aromatic rings. The number of nitrogens with zero attached hydrogens (tertiary/aromatic N) is 4. The number of carbonyl (C=O) groups is 1. The second-order valence-electron chi connectivity index (χ2n) is 7.88. The van der Waals surface area contributed by atoms with E-state index < -0.39 is 5.97 Å². The molecule has 33 heavy (non-hydrogen) atoms. The van der Waals surface area contributed by atoms with Gasteiger partial charge in [-0.1, -0.05) is 24.3 Å². The van der Waals surface area contributed by atoms with Gasteiger partial charge in [-0.15, -0.1) is 0 Å². The molecule has 0 unspecified atom stereocenters. The van der Waals surface area contributed by atoms with E-state index in [0.717, 1.165) is 48.8 Å². The van der Waals surface area contributed by atoms with Gasteiger partial charge in [0.15, 0.2) is 11.3 Å². The van der Waals surface area contributed by atoms with Crippen LogP contribution in [0.2, 0.25) is 0 Å². The zero-order valence-electron chi connectivity index (χ0n) is 18.2. The quantitative estimate of drug-likeness (QED) is 0.473. The third-order valence-corrected chi connectivity index (χ3v) is 5.71. The summed E-state index contributed by atoms with van der Waals surface area (Å²) >= 11 is 0. The van der Waals surface area contributed by atoms with Crippen molar-refractivity contribution in [1.82, 2.24) is 15.0 Å². The van der Waals surface area contributed by atoms with Crippen molar-refractivity contribution < 1.29 is 14.6 Å². The first-order valence-electron chi connectivity index (χ1n) is 10.8. The fourth-order valence-corrected chi connectivity index (χ4v) is 3.97. The van der Waals surface area contributed by atoms with E-state index in [2.05, 4.69) is 25.2 Å². The lowest BCUT2D eigenvalue weighted by molar-refractivity contribution is 0.0692. The SMILES string of the molecule is Cc1ccccc1-c1cc2cnc(Nc3ccc(N4CCOCC4)cc3)nc2nc1C(=O)O. The number of anilines is 3. The highest BCUT2D eigenvalue weighted by Crippen LogP contribution is 2.29. The molecule has 2 aromatic heterocycles. The van der Waals surface area contributed by atoms with Crippen molar-refractivity contribution in [1.29, 1.82) is 0 Å². The summed E-state index contributed by atoms with van der Waals surface area (Å²) in [6.45, 7) is 5.17. The Morgan fingerprint density at radius 1 is 1.03 bits per heavy atom. The van der Waals surface area contributed by atoms with Crippen LogP contribution in [0, 0.1) is 6.92 Å². The van der Waals surface area contributed by atoms with E-state index in [1.54, 1.807) is 12.3 Å². The highest BCUT2D eigenvalue weighted by atomic mass is 16.5. The lowest BCUT2D eigenvalue weighted by Crippen LogP contribution is -2.36. The average molecular weight is 441 g/mol. The van der Waals surface area contributed by atoms with Gasteiger partial charge in [-0.05, 0) is 48.4 Å². The van der Waals surface area contributed by atoms with Crippen molar-refractivity contribution in [2.75, 3.05) is 36.5 Å². The average Bonchev–Trinajstić information content (AvgIpc) is 2.84. The number of carboxylic acid groups (broad SMARTS) is 1. The van der Waals surface area contributed by atoms with E-state index in [1.807, 2.05) is 55.5 Å². The Kier molecular flexibility index (Phi) is 5.58. The molecule has 2 N–H and O–H groups in total. The van der Waals surface area contributed by atoms with Crippen LogP contribution in [0.5, 0.6) is 0 Å². The van der Waals surface area contributed by atoms with E-state index in [9.17, 15) is 9.90 Å². The van der Waals surface area contributed by atoms with Gasteiger partial charge in [-0.3, -0.25) is 0 Å². The molecule has 0 aliphatic carbocycles. The van der Waals surface area contributed by atoms with Gasteiger partial charge in [-0.25, -0.2) is 14.8 Å². The molecule has 0 bridgehead atoms. The highest BCUT2D eigenvalue weighted by Gasteiger charge is 2.18. The van der Waals surface area contributed by atoms with Gasteiger partial charge >= 0.3 is 5.97 Å². The van der Waals surface area contributed by atoms with Crippen LogP contribution in [0.4, 0.5) is 17.3 Å². The Bertz CT molecular complexity index is 1320. The van der Waals surface area contributed by atoms with Gasteiger partial charge in [0, 0.05) is 41.6 Å². The molecule has 2 aromatic carbocycles. The zero-order chi connectivity index (χ0) is 22.8. The maximum Gasteiger partial charge on any atom is 0.355 e. The van der Waals surface area contributed by atoms with Gasteiger partial charge < -0.3 is 20.1 Å². The number of benzene rings is 2. The van der Waals surface area contributed by atoms with Crippen LogP contribution in [0.15, 0.2) is 60.8 Å². The molecule has 1 aliphatic heterocycles. The van der Waals surface area contributed by atoms with Crippen molar-refractivity contribution in [3.05, 3.63) is 72.1 Å². The number of hydrogen-bond donors (Lipinski definition) is 2. The Balaban J connectivity index is 1.44. The number of hydrogen-bond acceptors (Lipinski definition) is 7. The predicted octanol–water partition coefficient (Wildman–Crippen LogP) is 4.28. The highest BCUT2D eigenvalue weighted by molar-refractivity contribution is 5.98. The minimum atomic E-state index is -1.10. The maximum absolute atomic E-state index is 12.0. The number of morpholine rings is 1. The van der Waals surface area contributed by atoms with Crippen molar-refractivity contribution in [3.8, 4) is 11.1 Å². The molecular weight excluding hydrogens is 418 g/mol. The Morgan fingerprint density at radius 3 is 2.52 bits per heavy atom. The molecule has 166 valence electrons. The van der Waals surface area contributed by atoms with Crippen LogP contribution in [-0.4, -0.2) is 52.3 Å². The van der Waals surface area contributed by atoms with E-state index in [0.29, 0.717) is 22.5 Å². The second-order valence-corrected chi connectivity index (χ2v) is 7.88. The molecule has 0 amide bonds. The maximum atomic E-state index is 12.0. The van der Waals surface area contributed by atoms with Crippen LogP contribution in [-0.2, 0) is 4.74 Å². The van der Waals surface area contributed by atoms with Gasteiger partial charge in [-0.2, -0.15) is 4.98 Å². The summed E-state index contributed by atoms with van der Waals surface area (Å²) in [5.74, 6) is -0.740. The standard InChI is InChI=1S/C25H23N5O3/c1-16-4-2-3-5-20(16)21-14-17-15-26-25(29-23(17)28-22(21)24(31)32)27-18-6-8-19(9-7-18)30-10-12-33-13-11-30/h2-9,14-15H,10-13H2,1H3,(H,31,32)(H,26,27,28,29). The molecule has 1 fully saturated rings. The molecule has 8 nitrogen and oxygen atoms in total. The smallest absolute Gasteiger partial charge is 0.355 e. The summed E-state index contributed by atoms with van der Waals surface area (Å²) in [7, 11) is 0. The minimum Gasteiger partial charge on any atom is -0.476 e. The van der Waals surface area contributed by atoms with E-state index in [4.69, 9.17) is 4.74 Å². The monoisotopic (exact) mass is 441 g/mol. The fourth-order valence-electron chi connectivity index (χ4n) is 3.97. The first kappa shape index (κ1) is 20.8. The summed E-state index contributed by atoms with van der Waals surface area (Å²) < 4.78 is 5.41. The van der Waals surface area contributed by atoms with Gasteiger partial charge in [0.25, 0.3) is 0 Å². The molecule has 8 heteroatoms. The summed E-state index contributed by atoms with van der Waals surface area (Å²) in [6.07, 6.45) is 1.66. The molecule has 1 saturated heterocycles. The minimum absolute atomic E-state index is 0.0312. The van der Waals surface area contributed by atoms with Crippen LogP contribution >= 0.6 is 0 Å². The molecule has 5 rings (SSSR count). The molecule has 0 atom stereocenters. The molecule has 1 aliphatic rings. The van der Waals surface area contributed by atoms with Crippen LogP contribution in [0.3, 0.4) is 0 Å². The van der Waals surface area contributed by atoms with Crippen molar-refractivity contribution in [2.45, 2.75) is 6.92 Å². The summed E-state index contributed by atoms with van der Waals surface area (Å²) in [5, 5.41) is 13.6. The van der Waals surface area contributed by atoms with Crippen LogP contribution < -0.4 is 10.2 Å². The third-order valence-electron chi connectivity index (χ3n) is 5.71. The summed E-state index contributed by atoms with van der Waals surface area (Å²) in [5.41, 5.74) is 4.62. The summed E-state index contributed by atoms with van der Waals surface area (Å²) in [4.78, 5) is 27.5. The number of aromatic carboxylic acids is 1. The number of rotatable bonds is 5. The van der Waals surface area contributed by atoms with Gasteiger partial charge in [0.05, 0.1) is 13.2 Å². The topological polar surface area (TPSA) is 100 Å². The normalized spacial score (nSPS) is 13.8. The van der Waals surface area contributed by atoms with Gasteiger partial charge in [0.1, 0.15) is 0 Å². The number of nitrogens with one attached hydrogen (secondary N) is 1. The molecular formula is C25H23N5O3. The van der Waals surface area contributed by atoms with E-state index >= 15 is 0 Å². The number of pyridine rings is 1. The fraction of sp³-hybridized carbons (Fsp3) is 0.200. The van der Waals surface area contributed by atoms with E-state index in [1.165, 1.54) is 0 Å². The molecule has 3 heterocycles. The number of aryl methyl sites for hydroxylation is 1. The van der Waals surface area contributed by atoms with Crippen LogP contribution in [0.1, 0.15) is 16.1 Å². The number of carboxylic acids is 1. The Morgan fingerprint density at radius 2 is 1.79 bits per heavy atom. The zero-order valence-corrected chi connectivity index (χ0v) is 18.2. The first-order valence-corrected chi connectivity index (χ1v) is 10.8. The molecule has 0 radical (unpaired) electrons. The van der Waals surface area contributed by atoms with E-state index in [-0.39, 0.29) is 5.69 Å². The molecule has 0 saturated carbocycles. The predicted molar refractivity (Wildman–Crippen MR) is 127 cm³/mol. The van der Waals surface area contributed by atoms with Crippen molar-refractivity contribution >= 4 is 34.3 Å². The largest absolute Gasteiger partial charge is 0.476 e.